The molecule has 0 fully saturated rings. The summed E-state index contributed by atoms with van der Waals surface area (Å²) in [5.74, 6) is -1.20. The van der Waals surface area contributed by atoms with Gasteiger partial charge in [-0.25, -0.2) is 4.98 Å². The van der Waals surface area contributed by atoms with Crippen LogP contribution in [-0.2, 0) is 4.79 Å². The average molecular weight is 536 g/mol. The molecule has 2 heterocycles. The van der Waals surface area contributed by atoms with Crippen molar-refractivity contribution in [3.63, 3.8) is 0 Å². The molecule has 7 nitrogen and oxygen atoms in total. The molecule has 1 unspecified atom stereocenters. The second kappa shape index (κ2) is 10.6. The number of nitrogens with zero attached hydrogens (tertiary/aromatic N) is 3. The Hall–Kier alpha value is -4.74. The first-order chi connectivity index (χ1) is 18.8. The second-order valence-electron chi connectivity index (χ2n) is 9.37. The first-order valence-electron chi connectivity index (χ1n) is 12.4. The number of carbonyl (C=O) groups excluding carboxylic acids is 2. The maximum atomic E-state index is 14.1. The Balaban J connectivity index is 1.63. The van der Waals surface area contributed by atoms with Crippen molar-refractivity contribution in [2.75, 3.05) is 4.90 Å². The van der Waals surface area contributed by atoms with E-state index in [9.17, 15) is 20.0 Å². The number of aromatic nitrogens is 1. The highest BCUT2D eigenvalue weighted by Gasteiger charge is 2.45. The molecule has 0 radical (unpaired) electrons. The van der Waals surface area contributed by atoms with Gasteiger partial charge in [-0.05, 0) is 62.7 Å². The minimum atomic E-state index is -0.921. The van der Waals surface area contributed by atoms with Crippen LogP contribution in [0.25, 0.3) is 10.6 Å². The summed E-state index contributed by atoms with van der Waals surface area (Å²) in [4.78, 5) is 33.9. The van der Waals surface area contributed by atoms with Crippen molar-refractivity contribution in [1.29, 1.82) is 5.26 Å². The summed E-state index contributed by atoms with van der Waals surface area (Å²) in [7, 11) is 0. The van der Waals surface area contributed by atoms with Gasteiger partial charge in [-0.15, -0.1) is 11.3 Å². The van der Waals surface area contributed by atoms with E-state index in [1.165, 1.54) is 16.2 Å². The Labute approximate surface area is 230 Å². The van der Waals surface area contributed by atoms with Gasteiger partial charge in [-0.3, -0.25) is 14.5 Å². The lowest BCUT2D eigenvalue weighted by atomic mass is 9.94. The van der Waals surface area contributed by atoms with Gasteiger partial charge >= 0.3 is 0 Å². The van der Waals surface area contributed by atoms with Gasteiger partial charge in [0.2, 0.25) is 5.78 Å². The zero-order chi connectivity index (χ0) is 27.7. The van der Waals surface area contributed by atoms with E-state index >= 15 is 0 Å². The maximum absolute atomic E-state index is 14.1. The van der Waals surface area contributed by atoms with E-state index in [4.69, 9.17) is 4.74 Å². The number of thiazole rings is 1. The van der Waals surface area contributed by atoms with E-state index < -0.39 is 23.5 Å². The molecular formula is C31H25N3O4S. The highest BCUT2D eigenvalue weighted by Crippen LogP contribution is 2.44. The Morgan fingerprint density at radius 3 is 2.46 bits per heavy atom. The van der Waals surface area contributed by atoms with E-state index in [2.05, 4.69) is 11.1 Å². The molecule has 1 aromatic heterocycles. The second-order valence-corrected chi connectivity index (χ2v) is 10.4. The van der Waals surface area contributed by atoms with Crippen LogP contribution in [0.1, 0.15) is 46.4 Å². The van der Waals surface area contributed by atoms with Crippen molar-refractivity contribution < 1.29 is 19.4 Å². The van der Waals surface area contributed by atoms with E-state index in [0.29, 0.717) is 38.1 Å². The normalized spacial score (nSPS) is 15.1. The van der Waals surface area contributed by atoms with E-state index in [1.807, 2.05) is 44.2 Å². The average Bonchev–Trinajstić information content (AvgIpc) is 3.46. The van der Waals surface area contributed by atoms with Crippen LogP contribution < -0.4 is 9.64 Å². The van der Waals surface area contributed by atoms with E-state index in [0.717, 1.165) is 5.56 Å². The Morgan fingerprint density at radius 2 is 1.79 bits per heavy atom. The molecule has 0 aliphatic carbocycles. The third-order valence-electron chi connectivity index (χ3n) is 6.30. The number of carbonyl (C=O) groups is 2. The van der Waals surface area contributed by atoms with Gasteiger partial charge in [0.25, 0.3) is 5.91 Å². The van der Waals surface area contributed by atoms with Gasteiger partial charge in [0.15, 0.2) is 5.76 Å². The number of hydrogen-bond donors (Lipinski definition) is 1. The standard InChI is InChI=1S/C31H25N3O4S/c1-18(2)38-24-11-7-10-22(16-24)26-25(28(36)31(37)34(26)23-14-12-20(17-32)13-15-23)27(35)29-19(3)33-30(39-29)21-8-5-4-6-9-21/h4-16,18,26,36H,1-3H3. The van der Waals surface area contributed by atoms with Crippen LogP contribution in [0.5, 0.6) is 5.75 Å². The number of ketones is 1. The van der Waals surface area contributed by atoms with Crippen molar-refractivity contribution in [1.82, 2.24) is 4.98 Å². The van der Waals surface area contributed by atoms with Gasteiger partial charge in [0, 0.05) is 11.3 Å². The number of aliphatic hydroxyl groups excluding tert-OH is 1. The van der Waals surface area contributed by atoms with Gasteiger partial charge in [0.05, 0.1) is 39.9 Å². The molecule has 1 N–H and O–H groups in total. The van der Waals surface area contributed by atoms with Crippen molar-refractivity contribution in [2.24, 2.45) is 0 Å². The largest absolute Gasteiger partial charge is 0.503 e. The van der Waals surface area contributed by atoms with Crippen molar-refractivity contribution >= 4 is 28.7 Å². The van der Waals surface area contributed by atoms with Crippen LogP contribution in [0.2, 0.25) is 0 Å². The molecule has 1 aliphatic rings. The topological polar surface area (TPSA) is 104 Å². The Bertz CT molecular complexity index is 1630. The first kappa shape index (κ1) is 25.9. The summed E-state index contributed by atoms with van der Waals surface area (Å²) in [5.41, 5.74) is 2.83. The summed E-state index contributed by atoms with van der Waals surface area (Å²) >= 11 is 1.23. The summed E-state index contributed by atoms with van der Waals surface area (Å²) in [5, 5.41) is 21.1. The Morgan fingerprint density at radius 1 is 1.08 bits per heavy atom. The number of nitriles is 1. The lowest BCUT2D eigenvalue weighted by Crippen LogP contribution is -2.31. The molecule has 1 aliphatic heterocycles. The van der Waals surface area contributed by atoms with Gasteiger partial charge in [-0.1, -0.05) is 42.5 Å². The smallest absolute Gasteiger partial charge is 0.294 e. The lowest BCUT2D eigenvalue weighted by Gasteiger charge is -2.27. The molecule has 4 aromatic rings. The van der Waals surface area contributed by atoms with Crippen LogP contribution in [0, 0.1) is 18.3 Å². The number of hydrogen-bond acceptors (Lipinski definition) is 7. The van der Waals surface area contributed by atoms with Gasteiger partial charge < -0.3 is 9.84 Å². The van der Waals surface area contributed by atoms with Crippen molar-refractivity contribution in [3.8, 4) is 22.4 Å². The highest BCUT2D eigenvalue weighted by atomic mass is 32.1. The number of Topliss-reactive ketones (excluding diaryl/α,β-unsaturated/α-hetero) is 1. The zero-order valence-electron chi connectivity index (χ0n) is 21.6. The van der Waals surface area contributed by atoms with Crippen LogP contribution in [0.15, 0.2) is 90.2 Å². The molecule has 0 spiro atoms. The number of ether oxygens (including phenoxy) is 1. The fourth-order valence-corrected chi connectivity index (χ4v) is 5.61. The number of aryl methyl sites for hydroxylation is 1. The fourth-order valence-electron chi connectivity index (χ4n) is 4.58. The minimum absolute atomic E-state index is 0.0302. The van der Waals surface area contributed by atoms with E-state index in [-0.39, 0.29) is 11.7 Å². The quantitative estimate of drug-likeness (QED) is 0.269. The molecular weight excluding hydrogens is 510 g/mol. The molecule has 1 atom stereocenters. The number of amides is 1. The molecule has 8 heteroatoms. The zero-order valence-corrected chi connectivity index (χ0v) is 22.4. The highest BCUT2D eigenvalue weighted by molar-refractivity contribution is 7.17. The third kappa shape index (κ3) is 4.92. The van der Waals surface area contributed by atoms with E-state index in [1.54, 1.807) is 55.5 Å². The van der Waals surface area contributed by atoms with Crippen molar-refractivity contribution in [2.45, 2.75) is 32.9 Å². The lowest BCUT2D eigenvalue weighted by molar-refractivity contribution is -0.117. The maximum Gasteiger partial charge on any atom is 0.294 e. The van der Waals surface area contributed by atoms with Crippen LogP contribution in [0.3, 0.4) is 0 Å². The van der Waals surface area contributed by atoms with Gasteiger partial charge in [-0.2, -0.15) is 5.26 Å². The van der Waals surface area contributed by atoms with Crippen LogP contribution in [-0.4, -0.2) is 27.9 Å². The summed E-state index contributed by atoms with van der Waals surface area (Å²) < 4.78 is 5.88. The molecule has 5 rings (SSSR count). The summed E-state index contributed by atoms with van der Waals surface area (Å²) in [6, 6.07) is 24.3. The van der Waals surface area contributed by atoms with Crippen LogP contribution in [0.4, 0.5) is 5.69 Å². The fraction of sp³-hybridized carbons (Fsp3) is 0.161. The van der Waals surface area contributed by atoms with Crippen LogP contribution >= 0.6 is 11.3 Å². The predicted molar refractivity (Wildman–Crippen MR) is 150 cm³/mol. The minimum Gasteiger partial charge on any atom is -0.503 e. The van der Waals surface area contributed by atoms with Gasteiger partial charge in [0.1, 0.15) is 10.8 Å². The third-order valence-corrected chi connectivity index (χ3v) is 7.50. The monoisotopic (exact) mass is 535 g/mol. The summed E-state index contributed by atoms with van der Waals surface area (Å²) in [6.07, 6.45) is -0.0820. The molecule has 0 bridgehead atoms. The summed E-state index contributed by atoms with van der Waals surface area (Å²) in [6.45, 7) is 5.56. The number of aliphatic hydroxyl groups is 1. The molecule has 1 amide bonds. The first-order valence-corrected chi connectivity index (χ1v) is 13.2. The molecule has 194 valence electrons. The molecule has 0 saturated carbocycles. The van der Waals surface area contributed by atoms with Crippen molar-refractivity contribution in [3.05, 3.63) is 112 Å². The number of anilines is 1. The molecule has 3 aromatic carbocycles. The number of benzene rings is 3. The SMILES string of the molecule is Cc1nc(-c2ccccc2)sc1C(=O)C1=C(O)C(=O)N(c2ccc(C#N)cc2)C1c1cccc(OC(C)C)c1. The number of rotatable bonds is 7. The molecule has 0 saturated heterocycles. The predicted octanol–water partition coefficient (Wildman–Crippen LogP) is 6.56. The Kier molecular flexibility index (Phi) is 7.01. The molecule has 39 heavy (non-hydrogen) atoms.